The molecule has 7 nitrogen and oxygen atoms in total. The van der Waals surface area contributed by atoms with Crippen LogP contribution in [-0.4, -0.2) is 66.0 Å². The standard InChI is InChI=1S/C59H93N3O4/c1-5-9-13-17-21-28-40-61(41-29-22-18-14-10-6-2)58(63)48-65-54-38-32-36-51(44-54)56-46-53(50-34-26-25-27-35-50)47-57(60-56)52-37-33-39-55(45-52)66-49-59(64)62(42-30-23-19-15-11-7-3)43-31-24-20-16-12-8-4/h32-33,36-39,44-47,50H,5-31,34-35,40-43,48-49H2,1-4H3. The van der Waals surface area contributed by atoms with Crippen molar-refractivity contribution in [3.05, 3.63) is 66.2 Å². The smallest absolute Gasteiger partial charge is 0.260 e. The van der Waals surface area contributed by atoms with Gasteiger partial charge in [0.2, 0.25) is 0 Å². The zero-order valence-corrected chi connectivity index (χ0v) is 42.6. The van der Waals surface area contributed by atoms with Gasteiger partial charge in [0.05, 0.1) is 11.4 Å². The van der Waals surface area contributed by atoms with Gasteiger partial charge < -0.3 is 19.3 Å². The number of benzene rings is 2. The van der Waals surface area contributed by atoms with E-state index >= 15 is 0 Å². The van der Waals surface area contributed by atoms with Crippen LogP contribution in [0.2, 0.25) is 0 Å². The van der Waals surface area contributed by atoms with Crippen LogP contribution in [0.15, 0.2) is 60.7 Å². The van der Waals surface area contributed by atoms with Gasteiger partial charge in [0, 0.05) is 37.3 Å². The lowest BCUT2D eigenvalue weighted by molar-refractivity contribution is -0.134. The Morgan fingerprint density at radius 3 is 1.18 bits per heavy atom. The lowest BCUT2D eigenvalue weighted by Gasteiger charge is -2.24. The molecule has 1 saturated carbocycles. The van der Waals surface area contributed by atoms with E-state index in [9.17, 15) is 9.59 Å². The Bertz CT molecular complexity index is 1590. The molecule has 368 valence electrons. The summed E-state index contributed by atoms with van der Waals surface area (Å²) in [5.41, 5.74) is 5.07. The van der Waals surface area contributed by atoms with Crippen molar-refractivity contribution in [1.29, 1.82) is 0 Å². The van der Waals surface area contributed by atoms with Gasteiger partial charge in [0.25, 0.3) is 11.8 Å². The highest BCUT2D eigenvalue weighted by Crippen LogP contribution is 2.37. The maximum absolute atomic E-state index is 13.7. The van der Waals surface area contributed by atoms with E-state index in [1.54, 1.807) is 0 Å². The summed E-state index contributed by atoms with van der Waals surface area (Å²) in [5, 5.41) is 0. The first kappa shape index (κ1) is 54.7. The van der Waals surface area contributed by atoms with Gasteiger partial charge in [-0.05, 0) is 86.4 Å². The number of amides is 2. The topological polar surface area (TPSA) is 72.0 Å². The van der Waals surface area contributed by atoms with E-state index in [1.807, 2.05) is 36.4 Å². The van der Waals surface area contributed by atoms with Crippen molar-refractivity contribution >= 4 is 11.8 Å². The average molecular weight is 908 g/mol. The summed E-state index contributed by atoms with van der Waals surface area (Å²) < 4.78 is 12.6. The maximum atomic E-state index is 13.7. The third-order valence-electron chi connectivity index (χ3n) is 13.7. The molecule has 1 heterocycles. The zero-order chi connectivity index (χ0) is 46.9. The SMILES string of the molecule is CCCCCCCCN(CCCCCCCC)C(=O)COc1cccc(-c2cc(C3CCCCC3)cc(-c3cccc(OCC(=O)N(CCCCCCCC)CCCCCCCC)c3)n2)c1. The molecule has 1 aliphatic carbocycles. The predicted molar refractivity (Wildman–Crippen MR) is 279 cm³/mol. The van der Waals surface area contributed by atoms with Crippen LogP contribution in [0, 0.1) is 0 Å². The molecule has 0 spiro atoms. The lowest BCUT2D eigenvalue weighted by Crippen LogP contribution is -2.36. The fraction of sp³-hybridized carbons (Fsp3) is 0.678. The first-order valence-corrected chi connectivity index (χ1v) is 27.5. The molecule has 2 aromatic carbocycles. The summed E-state index contributed by atoms with van der Waals surface area (Å²) in [4.78, 5) is 36.8. The highest BCUT2D eigenvalue weighted by Gasteiger charge is 2.20. The molecule has 1 fully saturated rings. The number of carbonyl (C=O) groups is 2. The van der Waals surface area contributed by atoms with Crippen LogP contribution in [0.1, 0.15) is 225 Å². The summed E-state index contributed by atoms with van der Waals surface area (Å²) in [6.45, 7) is 12.3. The van der Waals surface area contributed by atoms with Crippen LogP contribution in [0.5, 0.6) is 11.5 Å². The summed E-state index contributed by atoms with van der Waals surface area (Å²) in [6.07, 6.45) is 35.3. The monoisotopic (exact) mass is 908 g/mol. The van der Waals surface area contributed by atoms with E-state index in [2.05, 4.69) is 61.8 Å². The Balaban J connectivity index is 1.46. The number of carbonyl (C=O) groups excluding carboxylic acids is 2. The number of nitrogens with zero attached hydrogens (tertiary/aromatic N) is 3. The summed E-state index contributed by atoms with van der Waals surface area (Å²) in [5.74, 6) is 2.02. The van der Waals surface area contributed by atoms with Gasteiger partial charge in [0.1, 0.15) is 11.5 Å². The van der Waals surface area contributed by atoms with E-state index < -0.39 is 0 Å². The quantitative estimate of drug-likeness (QED) is 0.0539. The molecule has 66 heavy (non-hydrogen) atoms. The van der Waals surface area contributed by atoms with Crippen molar-refractivity contribution in [2.24, 2.45) is 0 Å². The van der Waals surface area contributed by atoms with E-state index in [-0.39, 0.29) is 25.0 Å². The van der Waals surface area contributed by atoms with Crippen molar-refractivity contribution in [2.45, 2.75) is 220 Å². The maximum Gasteiger partial charge on any atom is 0.260 e. The van der Waals surface area contributed by atoms with Crippen molar-refractivity contribution in [2.75, 3.05) is 39.4 Å². The third-order valence-corrected chi connectivity index (χ3v) is 13.7. The summed E-state index contributed by atoms with van der Waals surface area (Å²) in [6, 6.07) is 20.8. The van der Waals surface area contributed by atoms with E-state index in [4.69, 9.17) is 14.5 Å². The first-order chi connectivity index (χ1) is 32.4. The van der Waals surface area contributed by atoms with Crippen LogP contribution < -0.4 is 9.47 Å². The summed E-state index contributed by atoms with van der Waals surface area (Å²) >= 11 is 0. The Morgan fingerprint density at radius 1 is 0.470 bits per heavy atom. The number of ether oxygens (including phenoxy) is 2. The second-order valence-electron chi connectivity index (χ2n) is 19.5. The molecule has 0 aliphatic heterocycles. The van der Waals surface area contributed by atoms with Gasteiger partial charge in [-0.25, -0.2) is 4.98 Å². The third kappa shape index (κ3) is 21.8. The van der Waals surface area contributed by atoms with Gasteiger partial charge >= 0.3 is 0 Å². The minimum absolute atomic E-state index is 0.0427. The van der Waals surface area contributed by atoms with E-state index in [0.29, 0.717) is 17.4 Å². The molecule has 1 aromatic heterocycles. The van der Waals surface area contributed by atoms with Gasteiger partial charge in [-0.15, -0.1) is 0 Å². The number of rotatable bonds is 37. The molecule has 0 bridgehead atoms. The highest BCUT2D eigenvalue weighted by molar-refractivity contribution is 5.78. The van der Waals surface area contributed by atoms with Gasteiger partial charge in [-0.2, -0.15) is 0 Å². The van der Waals surface area contributed by atoms with Crippen molar-refractivity contribution in [1.82, 2.24) is 14.8 Å². The van der Waals surface area contributed by atoms with E-state index in [1.165, 1.54) is 166 Å². The second kappa shape index (κ2) is 34.4. The van der Waals surface area contributed by atoms with Crippen molar-refractivity contribution in [3.63, 3.8) is 0 Å². The molecule has 0 atom stereocenters. The minimum Gasteiger partial charge on any atom is -0.484 e. The largest absolute Gasteiger partial charge is 0.484 e. The molecular weight excluding hydrogens is 815 g/mol. The lowest BCUT2D eigenvalue weighted by atomic mass is 9.83. The molecule has 2 amide bonds. The molecule has 0 unspecified atom stereocenters. The Hall–Kier alpha value is -3.87. The number of aromatic nitrogens is 1. The first-order valence-electron chi connectivity index (χ1n) is 27.5. The number of hydrogen-bond acceptors (Lipinski definition) is 5. The molecule has 0 saturated heterocycles. The Kier molecular flexibility index (Phi) is 28.5. The van der Waals surface area contributed by atoms with Crippen molar-refractivity contribution < 1.29 is 19.1 Å². The second-order valence-corrected chi connectivity index (χ2v) is 19.5. The van der Waals surface area contributed by atoms with Crippen LogP contribution in [-0.2, 0) is 9.59 Å². The van der Waals surface area contributed by atoms with Crippen LogP contribution in [0.25, 0.3) is 22.5 Å². The van der Waals surface area contributed by atoms with E-state index in [0.717, 1.165) is 74.4 Å². The minimum atomic E-state index is 0.0427. The molecule has 4 rings (SSSR count). The van der Waals surface area contributed by atoms with Gasteiger partial charge in [0.15, 0.2) is 13.2 Å². The molecule has 3 aromatic rings. The molecule has 1 aliphatic rings. The van der Waals surface area contributed by atoms with Crippen LogP contribution in [0.3, 0.4) is 0 Å². The van der Waals surface area contributed by atoms with Gasteiger partial charge in [-0.1, -0.05) is 200 Å². The molecule has 0 radical (unpaired) electrons. The molecule has 0 N–H and O–H groups in total. The Morgan fingerprint density at radius 2 is 0.818 bits per heavy atom. The number of unbranched alkanes of at least 4 members (excludes halogenated alkanes) is 20. The van der Waals surface area contributed by atoms with Crippen LogP contribution >= 0.6 is 0 Å². The Labute approximate surface area is 403 Å². The summed E-state index contributed by atoms with van der Waals surface area (Å²) in [7, 11) is 0. The molecular formula is C59H93N3O4. The predicted octanol–water partition coefficient (Wildman–Crippen LogP) is 16.3. The molecule has 7 heteroatoms. The highest BCUT2D eigenvalue weighted by atomic mass is 16.5. The normalized spacial score (nSPS) is 12.9. The fourth-order valence-electron chi connectivity index (χ4n) is 9.54. The number of pyridine rings is 1. The van der Waals surface area contributed by atoms with Crippen molar-refractivity contribution in [3.8, 4) is 34.0 Å². The average Bonchev–Trinajstić information content (AvgIpc) is 3.35. The number of hydrogen-bond donors (Lipinski definition) is 0. The zero-order valence-electron chi connectivity index (χ0n) is 42.6. The fourth-order valence-corrected chi connectivity index (χ4v) is 9.54. The van der Waals surface area contributed by atoms with Gasteiger partial charge in [-0.3, -0.25) is 9.59 Å². The van der Waals surface area contributed by atoms with Crippen LogP contribution in [0.4, 0.5) is 0 Å².